The molecule has 0 saturated carbocycles. The van der Waals surface area contributed by atoms with Crippen molar-refractivity contribution >= 4 is 21.8 Å². The maximum Gasteiger partial charge on any atom is 0.261 e. The van der Waals surface area contributed by atoms with Crippen LogP contribution in [0.15, 0.2) is 57.5 Å². The van der Waals surface area contributed by atoms with E-state index in [0.29, 0.717) is 12.2 Å². The number of hydrogen-bond acceptors (Lipinski definition) is 5. The molecule has 1 N–H and O–H groups in total. The first-order valence-corrected chi connectivity index (χ1v) is 9.13. The zero-order chi connectivity index (χ0) is 19.2. The second-order valence-corrected chi connectivity index (χ2v) is 6.60. The second kappa shape index (κ2) is 8.77. The van der Waals surface area contributed by atoms with E-state index in [2.05, 4.69) is 31.4 Å². The van der Waals surface area contributed by atoms with Gasteiger partial charge in [-0.2, -0.15) is 4.98 Å². The molecule has 0 bridgehead atoms. The highest BCUT2D eigenvalue weighted by Gasteiger charge is 2.20. The molecule has 6 nitrogen and oxygen atoms in total. The first kappa shape index (κ1) is 19.0. The van der Waals surface area contributed by atoms with Crippen molar-refractivity contribution < 1.29 is 18.4 Å². The van der Waals surface area contributed by atoms with Gasteiger partial charge in [0.05, 0.1) is 6.54 Å². The van der Waals surface area contributed by atoms with Gasteiger partial charge in [0.2, 0.25) is 11.7 Å². The summed E-state index contributed by atoms with van der Waals surface area (Å²) < 4.78 is 25.2. The summed E-state index contributed by atoms with van der Waals surface area (Å²) in [6.07, 6.45) is -0.442. The van der Waals surface area contributed by atoms with Gasteiger partial charge in [-0.25, -0.2) is 4.39 Å². The van der Waals surface area contributed by atoms with E-state index in [1.165, 1.54) is 12.1 Å². The molecule has 0 aliphatic rings. The van der Waals surface area contributed by atoms with Crippen LogP contribution >= 0.6 is 15.9 Å². The fraction of sp³-hybridized carbons (Fsp3) is 0.211. The SMILES string of the molecule is CC[C@@H](Oc1ccccc1F)C(=O)NCc1nc(-c2cccc(Br)c2)no1. The van der Waals surface area contributed by atoms with Crippen LogP contribution in [0.5, 0.6) is 5.75 Å². The Hall–Kier alpha value is -2.74. The van der Waals surface area contributed by atoms with Crippen molar-refractivity contribution in [1.29, 1.82) is 0 Å². The van der Waals surface area contributed by atoms with Crippen molar-refractivity contribution in [3.63, 3.8) is 0 Å². The van der Waals surface area contributed by atoms with Crippen LogP contribution < -0.4 is 10.1 Å². The number of hydrogen-bond donors (Lipinski definition) is 1. The summed E-state index contributed by atoms with van der Waals surface area (Å²) in [4.78, 5) is 16.6. The molecule has 0 aliphatic heterocycles. The Kier molecular flexibility index (Phi) is 6.18. The molecule has 0 unspecified atom stereocenters. The molecule has 3 aromatic rings. The summed E-state index contributed by atoms with van der Waals surface area (Å²) in [6, 6.07) is 13.4. The molecular formula is C19H17BrFN3O3. The number of para-hydroxylation sites is 1. The Labute approximate surface area is 163 Å². The molecule has 1 amide bonds. The number of nitrogens with one attached hydrogen (secondary N) is 1. The van der Waals surface area contributed by atoms with Crippen LogP contribution in [0.3, 0.4) is 0 Å². The molecule has 2 aromatic carbocycles. The minimum atomic E-state index is -0.825. The van der Waals surface area contributed by atoms with E-state index in [0.717, 1.165) is 10.0 Å². The molecule has 0 saturated heterocycles. The Morgan fingerprint density at radius 2 is 2.11 bits per heavy atom. The van der Waals surface area contributed by atoms with Gasteiger partial charge in [0, 0.05) is 10.0 Å². The maximum atomic E-state index is 13.7. The highest BCUT2D eigenvalue weighted by atomic mass is 79.9. The van der Waals surface area contributed by atoms with Gasteiger partial charge in [-0.3, -0.25) is 4.79 Å². The Bertz CT molecular complexity index is 932. The number of aromatic nitrogens is 2. The van der Waals surface area contributed by atoms with Gasteiger partial charge < -0.3 is 14.6 Å². The number of carbonyl (C=O) groups is 1. The van der Waals surface area contributed by atoms with Crippen molar-refractivity contribution in [2.45, 2.75) is 26.0 Å². The first-order valence-electron chi connectivity index (χ1n) is 8.34. The van der Waals surface area contributed by atoms with E-state index >= 15 is 0 Å². The Balaban J connectivity index is 1.60. The standard InChI is InChI=1S/C19H17BrFN3O3/c1-2-15(26-16-9-4-3-8-14(16)21)19(25)22-11-17-23-18(24-27-17)12-6-5-7-13(20)10-12/h3-10,15H,2,11H2,1H3,(H,22,25)/t15-/m1/s1. The second-order valence-electron chi connectivity index (χ2n) is 5.69. The third-order valence-corrected chi connectivity index (χ3v) is 4.23. The van der Waals surface area contributed by atoms with Gasteiger partial charge in [-0.1, -0.05) is 52.3 Å². The topological polar surface area (TPSA) is 77.2 Å². The van der Waals surface area contributed by atoms with Gasteiger partial charge in [-0.05, 0) is 30.7 Å². The summed E-state index contributed by atoms with van der Waals surface area (Å²) in [5, 5.41) is 6.58. The highest BCUT2D eigenvalue weighted by Crippen LogP contribution is 2.20. The van der Waals surface area contributed by atoms with Crippen molar-refractivity contribution in [2.75, 3.05) is 0 Å². The van der Waals surface area contributed by atoms with Crippen molar-refractivity contribution in [2.24, 2.45) is 0 Å². The monoisotopic (exact) mass is 433 g/mol. The van der Waals surface area contributed by atoms with E-state index in [-0.39, 0.29) is 24.1 Å². The number of ether oxygens (including phenoxy) is 1. The minimum Gasteiger partial charge on any atom is -0.478 e. The van der Waals surface area contributed by atoms with E-state index in [4.69, 9.17) is 9.26 Å². The normalized spacial score (nSPS) is 11.8. The van der Waals surface area contributed by atoms with Gasteiger partial charge in [-0.15, -0.1) is 0 Å². The fourth-order valence-corrected chi connectivity index (χ4v) is 2.76. The van der Waals surface area contributed by atoms with Crippen LogP contribution in [0.4, 0.5) is 4.39 Å². The number of halogens is 2. The summed E-state index contributed by atoms with van der Waals surface area (Å²) in [6.45, 7) is 1.83. The summed E-state index contributed by atoms with van der Waals surface area (Å²) in [7, 11) is 0. The largest absolute Gasteiger partial charge is 0.478 e. The number of benzene rings is 2. The molecule has 0 radical (unpaired) electrons. The quantitative estimate of drug-likeness (QED) is 0.606. The van der Waals surface area contributed by atoms with E-state index in [1.807, 2.05) is 24.3 Å². The molecular weight excluding hydrogens is 417 g/mol. The van der Waals surface area contributed by atoms with Crippen LogP contribution in [-0.2, 0) is 11.3 Å². The number of nitrogens with zero attached hydrogens (tertiary/aromatic N) is 2. The Morgan fingerprint density at radius 3 is 2.85 bits per heavy atom. The van der Waals surface area contributed by atoms with Gasteiger partial charge in [0.25, 0.3) is 5.91 Å². The average molecular weight is 434 g/mol. The molecule has 1 heterocycles. The van der Waals surface area contributed by atoms with Crippen molar-refractivity contribution in [3.8, 4) is 17.1 Å². The van der Waals surface area contributed by atoms with Crippen LogP contribution in [0.25, 0.3) is 11.4 Å². The number of rotatable bonds is 7. The zero-order valence-electron chi connectivity index (χ0n) is 14.5. The van der Waals surface area contributed by atoms with Crippen LogP contribution in [0.2, 0.25) is 0 Å². The summed E-state index contributed by atoms with van der Waals surface area (Å²) >= 11 is 3.39. The van der Waals surface area contributed by atoms with Gasteiger partial charge >= 0.3 is 0 Å². The molecule has 3 rings (SSSR count). The predicted octanol–water partition coefficient (Wildman–Crippen LogP) is 4.11. The predicted molar refractivity (Wildman–Crippen MR) is 100 cm³/mol. The molecule has 1 aromatic heterocycles. The maximum absolute atomic E-state index is 13.7. The van der Waals surface area contributed by atoms with Crippen LogP contribution in [0.1, 0.15) is 19.2 Å². The average Bonchev–Trinajstić information content (AvgIpc) is 3.14. The lowest BCUT2D eigenvalue weighted by Gasteiger charge is -2.17. The molecule has 0 spiro atoms. The number of carbonyl (C=O) groups excluding carboxylic acids is 1. The van der Waals surface area contributed by atoms with Crippen LogP contribution in [-0.4, -0.2) is 22.2 Å². The lowest BCUT2D eigenvalue weighted by atomic mass is 10.2. The lowest BCUT2D eigenvalue weighted by Crippen LogP contribution is -2.37. The lowest BCUT2D eigenvalue weighted by molar-refractivity contribution is -0.128. The summed E-state index contributed by atoms with van der Waals surface area (Å²) in [5.74, 6) is -0.175. The molecule has 27 heavy (non-hydrogen) atoms. The van der Waals surface area contributed by atoms with Crippen molar-refractivity contribution in [3.05, 3.63) is 64.7 Å². The third-order valence-electron chi connectivity index (χ3n) is 3.73. The minimum absolute atomic E-state index is 0.0363. The van der Waals surface area contributed by atoms with Gasteiger partial charge in [0.15, 0.2) is 17.7 Å². The first-order chi connectivity index (χ1) is 13.1. The van der Waals surface area contributed by atoms with Crippen molar-refractivity contribution in [1.82, 2.24) is 15.5 Å². The van der Waals surface area contributed by atoms with E-state index < -0.39 is 11.9 Å². The fourth-order valence-electron chi connectivity index (χ4n) is 2.36. The van der Waals surface area contributed by atoms with E-state index in [1.54, 1.807) is 19.1 Å². The summed E-state index contributed by atoms with van der Waals surface area (Å²) in [5.41, 5.74) is 0.792. The van der Waals surface area contributed by atoms with Crippen LogP contribution in [0, 0.1) is 5.82 Å². The molecule has 140 valence electrons. The van der Waals surface area contributed by atoms with E-state index in [9.17, 15) is 9.18 Å². The smallest absolute Gasteiger partial charge is 0.261 e. The number of amides is 1. The molecule has 0 aliphatic carbocycles. The molecule has 0 fully saturated rings. The van der Waals surface area contributed by atoms with Gasteiger partial charge in [0.1, 0.15) is 0 Å². The zero-order valence-corrected chi connectivity index (χ0v) is 16.1. The Morgan fingerprint density at radius 1 is 1.30 bits per heavy atom. The molecule has 1 atom stereocenters. The highest BCUT2D eigenvalue weighted by molar-refractivity contribution is 9.10. The molecule has 8 heteroatoms. The third kappa shape index (κ3) is 4.91.